The van der Waals surface area contributed by atoms with Gasteiger partial charge < -0.3 is 33.8 Å². The first kappa shape index (κ1) is 34.2. The van der Waals surface area contributed by atoms with Crippen LogP contribution in [0.1, 0.15) is 49.5 Å². The van der Waals surface area contributed by atoms with Crippen LogP contribution in [0.5, 0.6) is 5.75 Å². The SMILES string of the molecule is CN1CC(=O)N2CCN(C(=O)OC(C)(C)C)C[C@H]2COc2ccc(F)cc2C(=O)N(C)[C@H](C(=O)OCc2ccccc2)CCC1=O. The first-order valence-electron chi connectivity index (χ1n) is 15.1. The van der Waals surface area contributed by atoms with Gasteiger partial charge in [-0.15, -0.1) is 0 Å². The molecule has 248 valence electrons. The lowest BCUT2D eigenvalue weighted by atomic mass is 10.1. The molecule has 2 heterocycles. The van der Waals surface area contributed by atoms with Gasteiger partial charge in [0.1, 0.15) is 36.4 Å². The molecule has 46 heavy (non-hydrogen) atoms. The van der Waals surface area contributed by atoms with Crippen LogP contribution in [-0.4, -0.2) is 114 Å². The predicted molar refractivity (Wildman–Crippen MR) is 164 cm³/mol. The van der Waals surface area contributed by atoms with Crippen molar-refractivity contribution in [1.29, 1.82) is 0 Å². The normalized spacial score (nSPS) is 20.2. The van der Waals surface area contributed by atoms with Gasteiger partial charge in [-0.3, -0.25) is 14.4 Å². The Kier molecular flexibility index (Phi) is 10.9. The van der Waals surface area contributed by atoms with E-state index in [9.17, 15) is 28.4 Å². The van der Waals surface area contributed by atoms with Gasteiger partial charge in [0.2, 0.25) is 11.8 Å². The van der Waals surface area contributed by atoms with Crippen LogP contribution in [0.15, 0.2) is 48.5 Å². The molecule has 4 rings (SSSR count). The molecule has 0 aromatic heterocycles. The fourth-order valence-electron chi connectivity index (χ4n) is 5.26. The summed E-state index contributed by atoms with van der Waals surface area (Å²) >= 11 is 0. The zero-order chi connectivity index (χ0) is 33.6. The van der Waals surface area contributed by atoms with Crippen molar-refractivity contribution >= 4 is 29.8 Å². The third kappa shape index (κ3) is 8.73. The van der Waals surface area contributed by atoms with Gasteiger partial charge in [-0.1, -0.05) is 30.3 Å². The number of piperazine rings is 1. The number of carbonyl (C=O) groups is 5. The molecular weight excluding hydrogens is 599 g/mol. The Morgan fingerprint density at radius 3 is 2.41 bits per heavy atom. The number of fused-ring (bicyclic) bond motifs is 2. The minimum absolute atomic E-state index is 0.0273. The summed E-state index contributed by atoms with van der Waals surface area (Å²) in [5, 5.41) is 0. The molecule has 2 aromatic carbocycles. The van der Waals surface area contributed by atoms with Gasteiger partial charge in [0.05, 0.1) is 18.2 Å². The van der Waals surface area contributed by atoms with Crippen LogP contribution < -0.4 is 4.74 Å². The molecule has 2 atom stereocenters. The van der Waals surface area contributed by atoms with Crippen LogP contribution in [0.3, 0.4) is 0 Å². The van der Waals surface area contributed by atoms with Gasteiger partial charge in [0.25, 0.3) is 5.91 Å². The van der Waals surface area contributed by atoms with Crippen molar-refractivity contribution in [3.8, 4) is 5.75 Å². The van der Waals surface area contributed by atoms with E-state index >= 15 is 0 Å². The minimum Gasteiger partial charge on any atom is -0.491 e. The zero-order valence-electron chi connectivity index (χ0n) is 26.9. The minimum atomic E-state index is -1.20. The highest BCUT2D eigenvalue weighted by Crippen LogP contribution is 2.25. The van der Waals surface area contributed by atoms with E-state index in [2.05, 4.69) is 0 Å². The quantitative estimate of drug-likeness (QED) is 0.469. The summed E-state index contributed by atoms with van der Waals surface area (Å²) < 4.78 is 31.6. The van der Waals surface area contributed by atoms with E-state index in [1.165, 1.54) is 34.9 Å². The maximum absolute atomic E-state index is 14.5. The monoisotopic (exact) mass is 640 g/mol. The first-order valence-corrected chi connectivity index (χ1v) is 15.1. The topological polar surface area (TPSA) is 126 Å². The molecule has 1 fully saturated rings. The van der Waals surface area contributed by atoms with Crippen LogP contribution in [-0.2, 0) is 30.5 Å². The number of halogens is 1. The van der Waals surface area contributed by atoms with Gasteiger partial charge in [0.15, 0.2) is 0 Å². The van der Waals surface area contributed by atoms with Crippen LogP contribution in [0, 0.1) is 5.82 Å². The van der Waals surface area contributed by atoms with Crippen molar-refractivity contribution < 1.29 is 42.6 Å². The number of esters is 1. The standard InChI is InChI=1S/C33H41FN4O8/c1-33(2,3)46-32(43)37-15-16-38-24(18-37)21-44-27-13-11-23(34)17-25(27)30(41)36(5)26(12-14-28(39)35(4)19-29(38)40)31(42)45-20-22-9-7-6-8-10-22/h6-11,13,17,24,26H,12,14-16,18-21H2,1-5H3/t24-,26-/m0/s1. The molecule has 0 aliphatic carbocycles. The summed E-state index contributed by atoms with van der Waals surface area (Å²) in [6.07, 6.45) is -0.822. The Morgan fingerprint density at radius 2 is 1.72 bits per heavy atom. The first-order chi connectivity index (χ1) is 21.7. The molecule has 4 amide bonds. The fourth-order valence-corrected chi connectivity index (χ4v) is 5.26. The van der Waals surface area contributed by atoms with Crippen molar-refractivity contribution in [1.82, 2.24) is 19.6 Å². The maximum atomic E-state index is 14.5. The summed E-state index contributed by atoms with van der Waals surface area (Å²) in [5.41, 5.74) is -0.148. The van der Waals surface area contributed by atoms with Crippen LogP contribution in [0.2, 0.25) is 0 Å². The molecule has 2 aliphatic heterocycles. The highest BCUT2D eigenvalue weighted by Gasteiger charge is 2.37. The average Bonchev–Trinajstić information content (AvgIpc) is 3.01. The van der Waals surface area contributed by atoms with E-state index in [0.717, 1.165) is 22.6 Å². The number of rotatable bonds is 3. The van der Waals surface area contributed by atoms with Crippen molar-refractivity contribution in [2.75, 3.05) is 46.9 Å². The largest absolute Gasteiger partial charge is 0.491 e. The molecule has 2 aromatic rings. The number of nitrogens with zero attached hydrogens (tertiary/aromatic N) is 4. The number of ether oxygens (including phenoxy) is 3. The Hall–Kier alpha value is -4.68. The van der Waals surface area contributed by atoms with Crippen LogP contribution in [0.25, 0.3) is 0 Å². The Bertz CT molecular complexity index is 1450. The molecule has 2 aliphatic rings. The lowest BCUT2D eigenvalue weighted by Gasteiger charge is -2.41. The molecule has 0 radical (unpaired) electrons. The smallest absolute Gasteiger partial charge is 0.410 e. The summed E-state index contributed by atoms with van der Waals surface area (Å²) in [6, 6.07) is 10.6. The van der Waals surface area contributed by atoms with E-state index in [1.807, 2.05) is 6.07 Å². The van der Waals surface area contributed by atoms with Crippen LogP contribution >= 0.6 is 0 Å². The fraction of sp³-hybridized carbons (Fsp3) is 0.485. The number of likely N-dealkylation sites (N-methyl/N-ethyl adjacent to an activating group) is 2. The molecule has 13 heteroatoms. The van der Waals surface area contributed by atoms with E-state index in [0.29, 0.717) is 0 Å². The maximum Gasteiger partial charge on any atom is 0.410 e. The molecule has 0 N–H and O–H groups in total. The molecular formula is C33H41FN4O8. The number of benzene rings is 2. The molecule has 12 nitrogen and oxygen atoms in total. The van der Waals surface area contributed by atoms with Crippen molar-refractivity contribution in [3.63, 3.8) is 0 Å². The van der Waals surface area contributed by atoms with Gasteiger partial charge in [0, 0.05) is 40.2 Å². The highest BCUT2D eigenvalue weighted by atomic mass is 19.1. The predicted octanol–water partition coefficient (Wildman–Crippen LogP) is 3.09. The number of carbonyl (C=O) groups excluding carboxylic acids is 5. The number of hydrogen-bond donors (Lipinski definition) is 0. The second kappa shape index (κ2) is 14.6. The van der Waals surface area contributed by atoms with E-state index in [-0.39, 0.29) is 69.5 Å². The second-order valence-corrected chi connectivity index (χ2v) is 12.4. The van der Waals surface area contributed by atoms with Crippen LogP contribution in [0.4, 0.5) is 9.18 Å². The summed E-state index contributed by atoms with van der Waals surface area (Å²) in [7, 11) is 2.86. The van der Waals surface area contributed by atoms with E-state index < -0.39 is 47.4 Å². The summed E-state index contributed by atoms with van der Waals surface area (Å²) in [5.74, 6) is -2.93. The summed E-state index contributed by atoms with van der Waals surface area (Å²) in [6.45, 7) is 5.23. The second-order valence-electron chi connectivity index (χ2n) is 12.4. The Balaban J connectivity index is 1.64. The average molecular weight is 641 g/mol. The highest BCUT2D eigenvalue weighted by molar-refractivity contribution is 5.99. The lowest BCUT2D eigenvalue weighted by Crippen LogP contribution is -2.60. The Morgan fingerprint density at radius 1 is 1.00 bits per heavy atom. The third-order valence-electron chi connectivity index (χ3n) is 7.77. The molecule has 0 bridgehead atoms. The van der Waals surface area contributed by atoms with Gasteiger partial charge >= 0.3 is 12.1 Å². The number of hydrogen-bond acceptors (Lipinski definition) is 8. The van der Waals surface area contributed by atoms with Gasteiger partial charge in [-0.2, -0.15) is 0 Å². The Labute approximate surface area is 267 Å². The molecule has 0 saturated carbocycles. The third-order valence-corrected chi connectivity index (χ3v) is 7.77. The van der Waals surface area contributed by atoms with E-state index in [1.54, 1.807) is 45.0 Å². The van der Waals surface area contributed by atoms with E-state index in [4.69, 9.17) is 14.2 Å². The molecule has 1 saturated heterocycles. The van der Waals surface area contributed by atoms with Crippen molar-refractivity contribution in [2.45, 2.75) is 57.9 Å². The lowest BCUT2D eigenvalue weighted by molar-refractivity contribution is -0.151. The van der Waals surface area contributed by atoms with Gasteiger partial charge in [-0.05, 0) is 51.0 Å². The summed E-state index contributed by atoms with van der Waals surface area (Å²) in [4.78, 5) is 72.1. The zero-order valence-corrected chi connectivity index (χ0v) is 26.9. The number of amides is 4. The molecule has 0 unspecified atom stereocenters. The molecule has 0 spiro atoms. The van der Waals surface area contributed by atoms with Gasteiger partial charge in [-0.25, -0.2) is 14.0 Å². The van der Waals surface area contributed by atoms with Crippen molar-refractivity contribution in [3.05, 3.63) is 65.5 Å². The van der Waals surface area contributed by atoms with Crippen molar-refractivity contribution in [2.24, 2.45) is 0 Å².